The predicted octanol–water partition coefficient (Wildman–Crippen LogP) is 4.12. The third kappa shape index (κ3) is 3.87. The minimum absolute atomic E-state index is 0.00413. The van der Waals surface area contributed by atoms with Crippen molar-refractivity contribution in [1.82, 2.24) is 19.8 Å². The molecular formula is C33H46N6O. The van der Waals surface area contributed by atoms with E-state index in [1.807, 2.05) is 0 Å². The molecule has 2 aromatic rings. The summed E-state index contributed by atoms with van der Waals surface area (Å²) in [4.78, 5) is 18.3. The van der Waals surface area contributed by atoms with Crippen LogP contribution in [0.2, 0.25) is 0 Å². The molecule has 1 unspecified atom stereocenters. The molecular weight excluding hydrogens is 496 g/mol. The summed E-state index contributed by atoms with van der Waals surface area (Å²) in [5, 5.41) is 0. The Balaban J connectivity index is 1.17. The molecule has 1 saturated carbocycles. The number of rotatable bonds is 4. The second-order valence-corrected chi connectivity index (χ2v) is 14.3. The van der Waals surface area contributed by atoms with Crippen molar-refractivity contribution in [3.05, 3.63) is 46.6 Å². The Morgan fingerprint density at radius 1 is 1.05 bits per heavy atom. The highest BCUT2D eigenvalue weighted by Crippen LogP contribution is 2.48. The molecule has 7 nitrogen and oxygen atoms in total. The first-order valence-electron chi connectivity index (χ1n) is 16.0. The first-order chi connectivity index (χ1) is 19.4. The lowest BCUT2D eigenvalue weighted by atomic mass is 9.71. The van der Waals surface area contributed by atoms with Gasteiger partial charge in [0.2, 0.25) is 0 Å². The van der Waals surface area contributed by atoms with Crippen LogP contribution in [0.3, 0.4) is 0 Å². The van der Waals surface area contributed by atoms with Gasteiger partial charge >= 0.3 is 6.01 Å². The van der Waals surface area contributed by atoms with Gasteiger partial charge in [-0.25, -0.2) is 0 Å². The molecule has 1 aromatic carbocycles. The summed E-state index contributed by atoms with van der Waals surface area (Å²) >= 11 is 0. The van der Waals surface area contributed by atoms with Crippen LogP contribution in [0, 0.1) is 17.8 Å². The van der Waals surface area contributed by atoms with Gasteiger partial charge in [-0.3, -0.25) is 9.80 Å². The number of hydrogen-bond acceptors (Lipinski definition) is 7. The molecule has 2 N–H and O–H groups in total. The molecule has 6 aliphatic rings. The largest absolute Gasteiger partial charge is 0.461 e. The number of piperidine rings is 1. The zero-order chi connectivity index (χ0) is 27.1. The number of aryl methyl sites for hydroxylation is 1. The van der Waals surface area contributed by atoms with E-state index in [4.69, 9.17) is 20.4 Å². The van der Waals surface area contributed by atoms with Crippen LogP contribution in [0.5, 0.6) is 6.01 Å². The van der Waals surface area contributed by atoms with Crippen LogP contribution in [0.25, 0.3) is 0 Å². The van der Waals surface area contributed by atoms with E-state index < -0.39 is 0 Å². The van der Waals surface area contributed by atoms with Gasteiger partial charge < -0.3 is 15.4 Å². The number of hydrogen-bond donors (Lipinski definition) is 1. The van der Waals surface area contributed by atoms with Gasteiger partial charge in [-0.1, -0.05) is 31.2 Å². The van der Waals surface area contributed by atoms with E-state index in [2.05, 4.69) is 52.9 Å². The van der Waals surface area contributed by atoms with Crippen molar-refractivity contribution in [1.29, 1.82) is 0 Å². The molecule has 1 aromatic heterocycles. The lowest BCUT2D eigenvalue weighted by molar-refractivity contribution is 0.0713. The first kappa shape index (κ1) is 25.5. The van der Waals surface area contributed by atoms with E-state index in [1.54, 1.807) is 0 Å². The smallest absolute Gasteiger partial charge is 0.318 e. The third-order valence-corrected chi connectivity index (χ3v) is 11.9. The molecule has 40 heavy (non-hydrogen) atoms. The van der Waals surface area contributed by atoms with Crippen molar-refractivity contribution in [3.63, 3.8) is 0 Å². The molecule has 2 bridgehead atoms. The van der Waals surface area contributed by atoms with Crippen molar-refractivity contribution in [2.45, 2.75) is 88.4 Å². The summed E-state index contributed by atoms with van der Waals surface area (Å²) in [5.74, 6) is 2.99. The minimum Gasteiger partial charge on any atom is -0.461 e. The highest BCUT2D eigenvalue weighted by Gasteiger charge is 2.49. The van der Waals surface area contributed by atoms with Gasteiger partial charge in [0.25, 0.3) is 0 Å². The highest BCUT2D eigenvalue weighted by molar-refractivity contribution is 5.54. The molecule has 7 heteroatoms. The molecule has 0 radical (unpaired) electrons. The zero-order valence-electron chi connectivity index (χ0n) is 24.4. The van der Waals surface area contributed by atoms with E-state index in [0.29, 0.717) is 30.5 Å². The molecule has 4 aliphatic heterocycles. The van der Waals surface area contributed by atoms with Crippen LogP contribution in [-0.4, -0.2) is 71.2 Å². The Hall–Kier alpha value is -2.22. The van der Waals surface area contributed by atoms with Crippen LogP contribution in [0.15, 0.2) is 24.3 Å². The molecule has 8 rings (SSSR count). The number of fused-ring (bicyclic) bond motifs is 6. The summed E-state index contributed by atoms with van der Waals surface area (Å²) in [5.41, 5.74) is 12.3. The lowest BCUT2D eigenvalue weighted by Crippen LogP contribution is -2.52. The Labute approximate surface area is 239 Å². The van der Waals surface area contributed by atoms with Crippen molar-refractivity contribution >= 4 is 5.82 Å². The van der Waals surface area contributed by atoms with Gasteiger partial charge in [0.05, 0.1) is 16.8 Å². The second kappa shape index (κ2) is 9.40. The minimum atomic E-state index is -0.00413. The highest BCUT2D eigenvalue weighted by atomic mass is 16.5. The maximum atomic E-state index is 6.67. The second-order valence-electron chi connectivity index (χ2n) is 14.3. The standard InChI is InChI=1S/C33H46N6O/c1-22-15-32(12-6-14-39(32)17-22)21-40-31-35-28-16-33(13-5-8-23-7-3-4-9-27(23)33)37(2)20-26(28)30(36-31)38-18-24-10-11-25(19-38)29(24)34/h3-4,7,9,22,24-25,29H,5-6,8,10-21,34H2,1-2H3/t22-,24-,25+,29?,32+,33+/m1/s1. The van der Waals surface area contributed by atoms with Crippen LogP contribution in [-0.2, 0) is 24.9 Å². The number of ether oxygens (including phenoxy) is 1. The van der Waals surface area contributed by atoms with E-state index in [-0.39, 0.29) is 11.1 Å². The van der Waals surface area contributed by atoms with Gasteiger partial charge in [0.1, 0.15) is 12.4 Å². The quantitative estimate of drug-likeness (QED) is 0.623. The average Bonchev–Trinajstić information content (AvgIpc) is 3.53. The van der Waals surface area contributed by atoms with Gasteiger partial charge in [-0.15, -0.1) is 0 Å². The number of anilines is 1. The number of benzene rings is 1. The summed E-state index contributed by atoms with van der Waals surface area (Å²) in [6.45, 7) is 8.40. The van der Waals surface area contributed by atoms with Crippen LogP contribution in [0.1, 0.15) is 74.3 Å². The Morgan fingerprint density at radius 3 is 2.73 bits per heavy atom. The zero-order valence-corrected chi connectivity index (χ0v) is 24.4. The number of nitrogens with two attached hydrogens (primary N) is 1. The van der Waals surface area contributed by atoms with Crippen LogP contribution >= 0.6 is 0 Å². The summed E-state index contributed by atoms with van der Waals surface area (Å²) in [6.07, 6.45) is 10.7. The van der Waals surface area contributed by atoms with Crippen LogP contribution < -0.4 is 15.4 Å². The van der Waals surface area contributed by atoms with E-state index >= 15 is 0 Å². The monoisotopic (exact) mass is 542 g/mol. The van der Waals surface area contributed by atoms with Crippen molar-refractivity contribution in [2.75, 3.05) is 44.7 Å². The van der Waals surface area contributed by atoms with Gasteiger partial charge in [-0.05, 0) is 93.8 Å². The third-order valence-electron chi connectivity index (χ3n) is 11.9. The fourth-order valence-electron chi connectivity index (χ4n) is 9.87. The Bertz CT molecular complexity index is 1290. The molecule has 2 aliphatic carbocycles. The molecule has 214 valence electrons. The summed E-state index contributed by atoms with van der Waals surface area (Å²) < 4.78 is 6.67. The van der Waals surface area contributed by atoms with Gasteiger partial charge in [0, 0.05) is 44.2 Å². The van der Waals surface area contributed by atoms with Crippen molar-refractivity contribution in [2.24, 2.45) is 23.5 Å². The van der Waals surface area contributed by atoms with Gasteiger partial charge in [-0.2, -0.15) is 9.97 Å². The topological polar surface area (TPSA) is 70.8 Å². The van der Waals surface area contributed by atoms with E-state index in [9.17, 15) is 0 Å². The number of aromatic nitrogens is 2. The summed E-state index contributed by atoms with van der Waals surface area (Å²) in [6, 6.07) is 10.1. The van der Waals surface area contributed by atoms with Crippen molar-refractivity contribution < 1.29 is 4.74 Å². The first-order valence-corrected chi connectivity index (χ1v) is 16.0. The molecule has 1 spiro atoms. The van der Waals surface area contributed by atoms with E-state index in [1.165, 1.54) is 86.8 Å². The Morgan fingerprint density at radius 2 is 1.88 bits per heavy atom. The maximum absolute atomic E-state index is 6.67. The molecule has 3 saturated heterocycles. The Kier molecular flexibility index (Phi) is 5.99. The van der Waals surface area contributed by atoms with E-state index in [0.717, 1.165) is 37.8 Å². The molecule has 0 amide bonds. The normalized spacial score (nSPS) is 37.0. The fraction of sp³-hybridized carbons (Fsp3) is 0.697. The number of nitrogens with zero attached hydrogens (tertiary/aromatic N) is 5. The number of likely N-dealkylation sites (N-methyl/N-ethyl adjacent to an activating group) is 1. The maximum Gasteiger partial charge on any atom is 0.318 e. The molecule has 5 heterocycles. The molecule has 4 fully saturated rings. The van der Waals surface area contributed by atoms with Crippen molar-refractivity contribution in [3.8, 4) is 6.01 Å². The SMILES string of the molecule is C[C@H]1CN2CCC[C@@]2(COc2nc3c(c(N4C[C@H]5CC[C@@H](C4)C5N)n2)CN(C)[C@@]2(CCCc4ccccc42)C3)C1. The average molecular weight is 543 g/mol. The lowest BCUT2D eigenvalue weighted by Gasteiger charge is -2.49. The molecule has 6 atom stereocenters. The van der Waals surface area contributed by atoms with Crippen LogP contribution in [0.4, 0.5) is 5.82 Å². The predicted molar refractivity (Wildman–Crippen MR) is 157 cm³/mol. The van der Waals surface area contributed by atoms with Gasteiger partial charge in [0.15, 0.2) is 0 Å². The summed E-state index contributed by atoms with van der Waals surface area (Å²) in [7, 11) is 2.32. The fourth-order valence-corrected chi connectivity index (χ4v) is 9.87.